The average molecular weight is 363 g/mol. The van der Waals surface area contributed by atoms with E-state index in [0.717, 1.165) is 24.7 Å². The number of ether oxygens (including phenoxy) is 2. The zero-order valence-electron chi connectivity index (χ0n) is 18.2. The molecule has 0 radical (unpaired) electrons. The molecule has 0 heterocycles. The van der Waals surface area contributed by atoms with Gasteiger partial charge >= 0.3 is 0 Å². The van der Waals surface area contributed by atoms with Crippen LogP contribution in [-0.2, 0) is 0 Å². The van der Waals surface area contributed by atoms with Crippen molar-refractivity contribution in [2.75, 3.05) is 13.2 Å². The van der Waals surface area contributed by atoms with Crippen molar-refractivity contribution in [2.45, 2.75) is 92.9 Å². The third-order valence-corrected chi connectivity index (χ3v) is 5.60. The normalized spacial score (nSPS) is 13.5. The Kier molecular flexibility index (Phi) is 11.5. The summed E-state index contributed by atoms with van der Waals surface area (Å²) in [6.45, 7) is 14.9. The van der Waals surface area contributed by atoms with Crippen molar-refractivity contribution in [3.8, 4) is 11.5 Å². The van der Waals surface area contributed by atoms with E-state index in [9.17, 15) is 0 Å². The third kappa shape index (κ3) is 8.01. The van der Waals surface area contributed by atoms with Gasteiger partial charge in [0.05, 0.1) is 13.2 Å². The summed E-state index contributed by atoms with van der Waals surface area (Å²) >= 11 is 0. The van der Waals surface area contributed by atoms with E-state index in [4.69, 9.17) is 9.47 Å². The summed E-state index contributed by atoms with van der Waals surface area (Å²) in [6.07, 6.45) is 9.94. The molecule has 2 unspecified atom stereocenters. The van der Waals surface area contributed by atoms with Gasteiger partial charge in [-0.25, -0.2) is 0 Å². The van der Waals surface area contributed by atoms with Crippen LogP contribution in [0, 0.1) is 25.7 Å². The molecule has 1 aromatic carbocycles. The van der Waals surface area contributed by atoms with Gasteiger partial charge in [0.2, 0.25) is 0 Å². The highest BCUT2D eigenvalue weighted by atomic mass is 16.5. The van der Waals surface area contributed by atoms with E-state index in [2.05, 4.69) is 53.7 Å². The molecule has 2 nitrogen and oxygen atoms in total. The Balaban J connectivity index is 2.75. The van der Waals surface area contributed by atoms with Gasteiger partial charge < -0.3 is 9.47 Å². The summed E-state index contributed by atoms with van der Waals surface area (Å²) in [5, 5.41) is 0. The maximum absolute atomic E-state index is 6.25. The Morgan fingerprint density at radius 2 is 1.08 bits per heavy atom. The van der Waals surface area contributed by atoms with Crippen LogP contribution in [0.1, 0.15) is 90.2 Å². The molecule has 26 heavy (non-hydrogen) atoms. The molecular weight excluding hydrogens is 320 g/mol. The summed E-state index contributed by atoms with van der Waals surface area (Å²) in [4.78, 5) is 0. The largest absolute Gasteiger partial charge is 0.489 e. The Labute approximate surface area is 162 Å². The zero-order valence-corrected chi connectivity index (χ0v) is 18.2. The maximum atomic E-state index is 6.25. The molecule has 0 aliphatic carbocycles. The number of benzene rings is 1. The molecule has 150 valence electrons. The van der Waals surface area contributed by atoms with E-state index in [-0.39, 0.29) is 0 Å². The minimum absolute atomic E-state index is 0.636. The molecule has 0 saturated carbocycles. The molecule has 0 aliphatic heterocycles. The van der Waals surface area contributed by atoms with Gasteiger partial charge in [0, 0.05) is 0 Å². The van der Waals surface area contributed by atoms with Crippen molar-refractivity contribution in [3.05, 3.63) is 23.3 Å². The van der Waals surface area contributed by atoms with Crippen LogP contribution in [0.25, 0.3) is 0 Å². The molecule has 2 heteroatoms. The molecule has 0 N–H and O–H groups in total. The molecular formula is C24H42O2. The Morgan fingerprint density at radius 1 is 0.692 bits per heavy atom. The van der Waals surface area contributed by atoms with E-state index in [1.165, 1.54) is 62.5 Å². The first-order chi connectivity index (χ1) is 12.5. The standard InChI is InChI=1S/C24H42O2/c1-7-11-13-21(9-3)17-25-23-15-19(5)20(6)16-24(23)26-18-22(10-4)14-12-8-2/h15-16,21-22H,7-14,17-18H2,1-6H3. The molecule has 0 saturated heterocycles. The van der Waals surface area contributed by atoms with Crippen LogP contribution in [-0.4, -0.2) is 13.2 Å². The monoisotopic (exact) mass is 362 g/mol. The minimum atomic E-state index is 0.636. The third-order valence-electron chi connectivity index (χ3n) is 5.60. The Hall–Kier alpha value is -1.18. The van der Waals surface area contributed by atoms with Crippen LogP contribution in [0.3, 0.4) is 0 Å². The van der Waals surface area contributed by atoms with Crippen LogP contribution < -0.4 is 9.47 Å². The molecule has 0 bridgehead atoms. The van der Waals surface area contributed by atoms with Gasteiger partial charge in [-0.15, -0.1) is 0 Å². The molecule has 0 aliphatic rings. The lowest BCUT2D eigenvalue weighted by molar-refractivity contribution is 0.199. The fourth-order valence-corrected chi connectivity index (χ4v) is 3.20. The number of rotatable bonds is 14. The molecule has 1 rings (SSSR count). The zero-order chi connectivity index (χ0) is 19.4. The number of hydrogen-bond donors (Lipinski definition) is 0. The van der Waals surface area contributed by atoms with E-state index >= 15 is 0 Å². The Bertz CT molecular complexity index is 450. The second kappa shape index (κ2) is 13.1. The first kappa shape index (κ1) is 22.9. The number of hydrogen-bond acceptors (Lipinski definition) is 2. The van der Waals surface area contributed by atoms with Gasteiger partial charge in [0.15, 0.2) is 11.5 Å². The smallest absolute Gasteiger partial charge is 0.161 e. The highest BCUT2D eigenvalue weighted by molar-refractivity contribution is 5.46. The van der Waals surface area contributed by atoms with Crippen LogP contribution in [0.2, 0.25) is 0 Å². The molecule has 0 amide bonds. The van der Waals surface area contributed by atoms with Crippen molar-refractivity contribution in [2.24, 2.45) is 11.8 Å². The number of aryl methyl sites for hydroxylation is 2. The summed E-state index contributed by atoms with van der Waals surface area (Å²) in [5.41, 5.74) is 2.54. The SMILES string of the molecule is CCCCC(CC)COc1cc(C)c(C)cc1OCC(CC)CCCC. The van der Waals surface area contributed by atoms with Crippen molar-refractivity contribution < 1.29 is 9.47 Å². The second-order valence-corrected chi connectivity index (χ2v) is 7.84. The van der Waals surface area contributed by atoms with Crippen LogP contribution >= 0.6 is 0 Å². The van der Waals surface area contributed by atoms with Gasteiger partial charge in [-0.05, 0) is 61.8 Å². The van der Waals surface area contributed by atoms with E-state index in [1.807, 2.05) is 0 Å². The predicted octanol–water partition coefficient (Wildman–Crippen LogP) is 7.49. The summed E-state index contributed by atoms with van der Waals surface area (Å²) in [7, 11) is 0. The van der Waals surface area contributed by atoms with Gasteiger partial charge in [-0.1, -0.05) is 66.2 Å². The summed E-state index contributed by atoms with van der Waals surface area (Å²) in [5.74, 6) is 3.12. The van der Waals surface area contributed by atoms with E-state index in [0.29, 0.717) is 11.8 Å². The fraction of sp³-hybridized carbons (Fsp3) is 0.750. The van der Waals surface area contributed by atoms with E-state index < -0.39 is 0 Å². The molecule has 0 fully saturated rings. The quantitative estimate of drug-likeness (QED) is 0.341. The lowest BCUT2D eigenvalue weighted by Crippen LogP contribution is -2.14. The summed E-state index contributed by atoms with van der Waals surface area (Å²) < 4.78 is 12.5. The lowest BCUT2D eigenvalue weighted by atomic mass is 10.0. The van der Waals surface area contributed by atoms with Crippen LogP contribution in [0.5, 0.6) is 11.5 Å². The fourth-order valence-electron chi connectivity index (χ4n) is 3.20. The highest BCUT2D eigenvalue weighted by Gasteiger charge is 2.14. The lowest BCUT2D eigenvalue weighted by Gasteiger charge is -2.21. The summed E-state index contributed by atoms with van der Waals surface area (Å²) in [6, 6.07) is 4.31. The average Bonchev–Trinajstić information content (AvgIpc) is 2.65. The van der Waals surface area contributed by atoms with Gasteiger partial charge in [0.25, 0.3) is 0 Å². The van der Waals surface area contributed by atoms with Crippen LogP contribution in [0.4, 0.5) is 0 Å². The van der Waals surface area contributed by atoms with Crippen LogP contribution in [0.15, 0.2) is 12.1 Å². The van der Waals surface area contributed by atoms with Gasteiger partial charge in [-0.2, -0.15) is 0 Å². The molecule has 2 atom stereocenters. The highest BCUT2D eigenvalue weighted by Crippen LogP contribution is 2.32. The molecule has 0 spiro atoms. The topological polar surface area (TPSA) is 18.5 Å². The van der Waals surface area contributed by atoms with Crippen molar-refractivity contribution in [1.29, 1.82) is 0 Å². The number of unbranched alkanes of at least 4 members (excludes halogenated alkanes) is 2. The molecule has 1 aromatic rings. The Morgan fingerprint density at radius 3 is 1.38 bits per heavy atom. The van der Waals surface area contributed by atoms with Crippen molar-refractivity contribution >= 4 is 0 Å². The first-order valence-corrected chi connectivity index (χ1v) is 10.9. The first-order valence-electron chi connectivity index (χ1n) is 10.9. The molecule has 0 aromatic heterocycles. The second-order valence-electron chi connectivity index (χ2n) is 7.84. The maximum Gasteiger partial charge on any atom is 0.161 e. The predicted molar refractivity (Wildman–Crippen MR) is 114 cm³/mol. The van der Waals surface area contributed by atoms with Crippen molar-refractivity contribution in [3.63, 3.8) is 0 Å². The van der Waals surface area contributed by atoms with Crippen molar-refractivity contribution in [1.82, 2.24) is 0 Å². The van der Waals surface area contributed by atoms with Gasteiger partial charge in [-0.3, -0.25) is 0 Å². The van der Waals surface area contributed by atoms with E-state index in [1.54, 1.807) is 0 Å². The minimum Gasteiger partial charge on any atom is -0.489 e. The van der Waals surface area contributed by atoms with Gasteiger partial charge in [0.1, 0.15) is 0 Å².